The van der Waals surface area contributed by atoms with Gasteiger partial charge in [-0.2, -0.15) is 13.2 Å². The number of nitrogen functional groups attached to an aromatic ring is 1. The Kier molecular flexibility index (Phi) is 3.44. The first kappa shape index (κ1) is 13.4. The second kappa shape index (κ2) is 4.89. The van der Waals surface area contributed by atoms with Crippen molar-refractivity contribution in [1.82, 2.24) is 4.98 Å². The molecule has 0 amide bonds. The van der Waals surface area contributed by atoms with Gasteiger partial charge >= 0.3 is 6.18 Å². The molecule has 100 valence electrons. The van der Waals surface area contributed by atoms with Gasteiger partial charge < -0.3 is 5.43 Å². The summed E-state index contributed by atoms with van der Waals surface area (Å²) in [5.74, 6) is 5.29. The molecule has 3 nitrogen and oxygen atoms in total. The van der Waals surface area contributed by atoms with E-state index >= 15 is 0 Å². The molecule has 3 N–H and O–H groups in total. The third kappa shape index (κ3) is 2.85. The normalized spacial score (nSPS) is 11.4. The van der Waals surface area contributed by atoms with E-state index in [4.69, 9.17) is 5.84 Å². The van der Waals surface area contributed by atoms with Gasteiger partial charge in [0, 0.05) is 11.8 Å². The van der Waals surface area contributed by atoms with Gasteiger partial charge in [0.25, 0.3) is 0 Å². The van der Waals surface area contributed by atoms with Crippen molar-refractivity contribution in [2.45, 2.75) is 13.1 Å². The molecule has 0 bridgehead atoms. The fourth-order valence-electron chi connectivity index (χ4n) is 1.80. The number of nitrogens with one attached hydrogen (secondary N) is 1. The molecule has 19 heavy (non-hydrogen) atoms. The molecule has 2 aromatic rings. The number of aryl methyl sites for hydroxylation is 1. The van der Waals surface area contributed by atoms with Crippen molar-refractivity contribution < 1.29 is 13.2 Å². The van der Waals surface area contributed by atoms with Gasteiger partial charge in [-0.1, -0.05) is 6.07 Å². The Morgan fingerprint density at radius 1 is 1.16 bits per heavy atom. The number of nitrogens with two attached hydrogens (primary N) is 1. The Balaban J connectivity index is 2.46. The summed E-state index contributed by atoms with van der Waals surface area (Å²) in [6.45, 7) is 1.62. The predicted molar refractivity (Wildman–Crippen MR) is 67.2 cm³/mol. The second-order valence-electron chi connectivity index (χ2n) is 4.10. The van der Waals surface area contributed by atoms with Crippen LogP contribution in [-0.2, 0) is 6.18 Å². The quantitative estimate of drug-likeness (QED) is 0.648. The van der Waals surface area contributed by atoms with Crippen LogP contribution in [-0.4, -0.2) is 4.98 Å². The Morgan fingerprint density at radius 2 is 1.89 bits per heavy atom. The van der Waals surface area contributed by atoms with Crippen LogP contribution in [0.2, 0.25) is 0 Å². The number of rotatable bonds is 2. The topological polar surface area (TPSA) is 50.9 Å². The molecule has 0 aliphatic rings. The summed E-state index contributed by atoms with van der Waals surface area (Å²) < 4.78 is 37.7. The van der Waals surface area contributed by atoms with Crippen LogP contribution in [0.15, 0.2) is 36.5 Å². The molecule has 0 unspecified atom stereocenters. The summed E-state index contributed by atoms with van der Waals surface area (Å²) >= 11 is 0. The van der Waals surface area contributed by atoms with Gasteiger partial charge in [-0.25, -0.2) is 0 Å². The summed E-state index contributed by atoms with van der Waals surface area (Å²) in [6.07, 6.45) is -2.79. The SMILES string of the molecule is Cc1cc(C(F)(F)F)ccc1-c1cc(NN)ccn1. The van der Waals surface area contributed by atoms with Crippen molar-refractivity contribution in [2.24, 2.45) is 5.84 Å². The molecule has 0 spiro atoms. The molecule has 0 aliphatic carbocycles. The molecular formula is C13H12F3N3. The Morgan fingerprint density at radius 3 is 2.47 bits per heavy atom. The molecule has 1 aromatic carbocycles. The number of pyridine rings is 1. The Hall–Kier alpha value is -2.08. The summed E-state index contributed by atoms with van der Waals surface area (Å²) in [5.41, 5.74) is 4.18. The van der Waals surface area contributed by atoms with Crippen LogP contribution in [0, 0.1) is 6.92 Å². The zero-order valence-electron chi connectivity index (χ0n) is 10.1. The predicted octanol–water partition coefficient (Wildman–Crippen LogP) is 3.36. The van der Waals surface area contributed by atoms with Crippen LogP contribution >= 0.6 is 0 Å². The van der Waals surface area contributed by atoms with E-state index in [0.717, 1.165) is 12.1 Å². The minimum absolute atomic E-state index is 0.511. The van der Waals surface area contributed by atoms with E-state index in [1.807, 2.05) is 0 Å². The first-order valence-corrected chi connectivity index (χ1v) is 5.52. The smallest absolute Gasteiger partial charge is 0.324 e. The van der Waals surface area contributed by atoms with Crippen molar-refractivity contribution in [3.05, 3.63) is 47.7 Å². The van der Waals surface area contributed by atoms with Crippen molar-refractivity contribution in [2.75, 3.05) is 5.43 Å². The van der Waals surface area contributed by atoms with Crippen molar-refractivity contribution >= 4 is 5.69 Å². The van der Waals surface area contributed by atoms with E-state index in [1.54, 1.807) is 25.3 Å². The largest absolute Gasteiger partial charge is 0.416 e. The monoisotopic (exact) mass is 267 g/mol. The third-order valence-corrected chi connectivity index (χ3v) is 2.76. The first-order valence-electron chi connectivity index (χ1n) is 5.52. The number of aromatic nitrogens is 1. The van der Waals surface area contributed by atoms with Crippen molar-refractivity contribution in [3.8, 4) is 11.3 Å². The standard InChI is InChI=1S/C13H12F3N3/c1-8-6-9(13(14,15)16)2-3-11(8)12-7-10(19-17)4-5-18-12/h2-7H,17H2,1H3,(H,18,19). The summed E-state index contributed by atoms with van der Waals surface area (Å²) in [7, 11) is 0. The molecule has 1 heterocycles. The van der Waals surface area contributed by atoms with E-state index in [1.165, 1.54) is 6.07 Å². The van der Waals surface area contributed by atoms with Gasteiger partial charge in [-0.15, -0.1) is 0 Å². The van der Waals surface area contributed by atoms with E-state index in [2.05, 4.69) is 10.4 Å². The minimum Gasteiger partial charge on any atom is -0.324 e. The van der Waals surface area contributed by atoms with E-state index < -0.39 is 11.7 Å². The number of hydrogen-bond donors (Lipinski definition) is 2. The summed E-state index contributed by atoms with van der Waals surface area (Å²) in [5, 5.41) is 0. The van der Waals surface area contributed by atoms with Gasteiger partial charge in [0.15, 0.2) is 0 Å². The molecule has 0 atom stereocenters. The molecule has 0 radical (unpaired) electrons. The van der Waals surface area contributed by atoms with E-state index in [-0.39, 0.29) is 0 Å². The van der Waals surface area contributed by atoms with Crippen LogP contribution < -0.4 is 11.3 Å². The number of anilines is 1. The molecule has 0 aliphatic heterocycles. The number of benzene rings is 1. The molecule has 2 rings (SSSR count). The zero-order chi connectivity index (χ0) is 14.0. The van der Waals surface area contributed by atoms with E-state index in [9.17, 15) is 13.2 Å². The molecule has 0 saturated carbocycles. The van der Waals surface area contributed by atoms with Gasteiger partial charge in [-0.05, 0) is 36.8 Å². The highest BCUT2D eigenvalue weighted by Gasteiger charge is 2.30. The fraction of sp³-hybridized carbons (Fsp3) is 0.154. The van der Waals surface area contributed by atoms with Gasteiger partial charge in [0.05, 0.1) is 16.9 Å². The van der Waals surface area contributed by atoms with E-state index in [0.29, 0.717) is 22.5 Å². The van der Waals surface area contributed by atoms with Crippen LogP contribution in [0.4, 0.5) is 18.9 Å². The van der Waals surface area contributed by atoms with Crippen LogP contribution in [0.5, 0.6) is 0 Å². The number of alkyl halides is 3. The maximum absolute atomic E-state index is 12.6. The average Bonchev–Trinajstić information content (AvgIpc) is 2.37. The second-order valence-corrected chi connectivity index (χ2v) is 4.10. The van der Waals surface area contributed by atoms with Gasteiger partial charge in [-0.3, -0.25) is 10.8 Å². The first-order chi connectivity index (χ1) is 8.91. The van der Waals surface area contributed by atoms with Crippen molar-refractivity contribution in [3.63, 3.8) is 0 Å². The lowest BCUT2D eigenvalue weighted by Gasteiger charge is -2.11. The highest BCUT2D eigenvalue weighted by molar-refractivity contribution is 5.67. The van der Waals surface area contributed by atoms with Crippen LogP contribution in [0.25, 0.3) is 11.3 Å². The number of hydrogen-bond acceptors (Lipinski definition) is 3. The minimum atomic E-state index is -4.34. The zero-order valence-corrected chi connectivity index (χ0v) is 10.1. The van der Waals surface area contributed by atoms with Crippen molar-refractivity contribution in [1.29, 1.82) is 0 Å². The Bertz CT molecular complexity index is 594. The molecule has 0 saturated heterocycles. The number of hydrazine groups is 1. The fourth-order valence-corrected chi connectivity index (χ4v) is 1.80. The average molecular weight is 267 g/mol. The number of halogens is 3. The summed E-state index contributed by atoms with van der Waals surface area (Å²) in [6, 6.07) is 6.92. The van der Waals surface area contributed by atoms with Gasteiger partial charge in [0.2, 0.25) is 0 Å². The lowest BCUT2D eigenvalue weighted by atomic mass is 10.0. The molecule has 6 heteroatoms. The lowest BCUT2D eigenvalue weighted by molar-refractivity contribution is -0.137. The highest BCUT2D eigenvalue weighted by atomic mass is 19.4. The Labute approximate surface area is 108 Å². The highest BCUT2D eigenvalue weighted by Crippen LogP contribution is 2.32. The van der Waals surface area contributed by atoms with Gasteiger partial charge in [0.1, 0.15) is 0 Å². The maximum Gasteiger partial charge on any atom is 0.416 e. The molecule has 0 fully saturated rings. The maximum atomic E-state index is 12.6. The van der Waals surface area contributed by atoms with Crippen LogP contribution in [0.3, 0.4) is 0 Å². The molecule has 1 aromatic heterocycles. The van der Waals surface area contributed by atoms with Crippen LogP contribution in [0.1, 0.15) is 11.1 Å². The lowest BCUT2D eigenvalue weighted by Crippen LogP contribution is -2.07. The summed E-state index contributed by atoms with van der Waals surface area (Å²) in [4.78, 5) is 4.13. The third-order valence-electron chi connectivity index (χ3n) is 2.76. The number of nitrogens with zero attached hydrogens (tertiary/aromatic N) is 1. The molecular weight excluding hydrogens is 255 g/mol.